The van der Waals surface area contributed by atoms with Gasteiger partial charge in [-0.05, 0) is 42.8 Å². The molecule has 2 atom stereocenters. The van der Waals surface area contributed by atoms with Crippen molar-refractivity contribution in [3.05, 3.63) is 99.8 Å². The van der Waals surface area contributed by atoms with Crippen molar-refractivity contribution in [2.75, 3.05) is 19.5 Å². The smallest absolute Gasteiger partial charge is 0.226 e. The van der Waals surface area contributed by atoms with Crippen molar-refractivity contribution in [2.24, 2.45) is 0 Å². The Morgan fingerprint density at radius 2 is 1.71 bits per heavy atom. The van der Waals surface area contributed by atoms with Crippen molar-refractivity contribution in [1.82, 2.24) is 14.8 Å². The number of halogens is 1. The van der Waals surface area contributed by atoms with Gasteiger partial charge in [-0.25, -0.2) is 4.68 Å². The maximum absolute atomic E-state index is 6.67. The number of methoxy groups -OCH3 is 2. The Bertz CT molecular complexity index is 1460. The number of benzene rings is 3. The molecule has 176 valence electrons. The van der Waals surface area contributed by atoms with Crippen molar-refractivity contribution in [2.45, 2.75) is 19.1 Å². The summed E-state index contributed by atoms with van der Waals surface area (Å²) in [5.74, 6) is 2.68. The highest BCUT2D eigenvalue weighted by molar-refractivity contribution is 6.30. The van der Waals surface area contributed by atoms with Gasteiger partial charge in [0.2, 0.25) is 5.95 Å². The lowest BCUT2D eigenvalue weighted by Gasteiger charge is -2.39. The molecule has 0 spiro atoms. The van der Waals surface area contributed by atoms with E-state index in [4.69, 9.17) is 25.8 Å². The highest BCUT2D eigenvalue weighted by Gasteiger charge is 2.41. The first-order valence-electron chi connectivity index (χ1n) is 11.2. The summed E-state index contributed by atoms with van der Waals surface area (Å²) >= 11 is 6.41. The second-order valence-electron chi connectivity index (χ2n) is 8.55. The molecule has 0 unspecified atom stereocenters. The van der Waals surface area contributed by atoms with Gasteiger partial charge in [0, 0.05) is 21.7 Å². The predicted octanol–water partition coefficient (Wildman–Crippen LogP) is 5.82. The Hall–Kier alpha value is -3.97. The van der Waals surface area contributed by atoms with Gasteiger partial charge in [-0.15, -0.1) is 0 Å². The quantitative estimate of drug-likeness (QED) is 0.392. The van der Waals surface area contributed by atoms with Crippen molar-refractivity contribution in [3.63, 3.8) is 0 Å². The van der Waals surface area contributed by atoms with E-state index in [1.165, 1.54) is 5.56 Å². The molecule has 35 heavy (non-hydrogen) atoms. The third-order valence-electron chi connectivity index (χ3n) is 6.48. The number of ether oxygens (including phenoxy) is 3. The van der Waals surface area contributed by atoms with Crippen LogP contribution in [-0.4, -0.2) is 29.0 Å². The van der Waals surface area contributed by atoms with Crippen LogP contribution in [0, 0.1) is 6.92 Å². The predicted molar refractivity (Wildman–Crippen MR) is 134 cm³/mol. The summed E-state index contributed by atoms with van der Waals surface area (Å²) < 4.78 is 19.6. The zero-order valence-electron chi connectivity index (χ0n) is 19.4. The number of hydrogen-bond donors (Lipinski definition) is 1. The van der Waals surface area contributed by atoms with Crippen LogP contribution < -0.4 is 19.5 Å². The van der Waals surface area contributed by atoms with Gasteiger partial charge < -0.3 is 19.5 Å². The molecular formula is C27H23ClN4O3. The van der Waals surface area contributed by atoms with Gasteiger partial charge >= 0.3 is 0 Å². The molecule has 6 rings (SSSR count). The van der Waals surface area contributed by atoms with E-state index in [-0.39, 0.29) is 6.04 Å². The van der Waals surface area contributed by atoms with Crippen LogP contribution in [0.2, 0.25) is 5.02 Å². The molecule has 7 nitrogen and oxygen atoms in total. The summed E-state index contributed by atoms with van der Waals surface area (Å²) in [6.45, 7) is 2.08. The molecule has 4 aromatic rings. The van der Waals surface area contributed by atoms with E-state index in [1.54, 1.807) is 20.5 Å². The molecule has 0 radical (unpaired) electrons. The van der Waals surface area contributed by atoms with Gasteiger partial charge in [0.05, 0.1) is 19.9 Å². The van der Waals surface area contributed by atoms with E-state index >= 15 is 0 Å². The number of aryl methyl sites for hydroxylation is 1. The molecule has 3 aromatic carbocycles. The van der Waals surface area contributed by atoms with Gasteiger partial charge in [0.25, 0.3) is 0 Å². The SMILES string of the molecule is COc1ccc([C@H]2Oc3ccc(Cl)cc3C3=C2[C@@H](c2ccc(C)cc2)n2ncnc2N3)cc1OC. The minimum absolute atomic E-state index is 0.241. The normalized spacial score (nSPS) is 18.1. The van der Waals surface area contributed by atoms with Gasteiger partial charge in [0.1, 0.15) is 24.2 Å². The van der Waals surface area contributed by atoms with Crippen molar-refractivity contribution < 1.29 is 14.2 Å². The van der Waals surface area contributed by atoms with Crippen LogP contribution in [-0.2, 0) is 0 Å². The molecule has 1 N–H and O–H groups in total. The van der Waals surface area contributed by atoms with E-state index in [0.29, 0.717) is 22.5 Å². The van der Waals surface area contributed by atoms with Gasteiger partial charge in [-0.3, -0.25) is 0 Å². The number of fused-ring (bicyclic) bond motifs is 3. The van der Waals surface area contributed by atoms with Crippen LogP contribution in [0.25, 0.3) is 5.70 Å². The fourth-order valence-corrected chi connectivity index (χ4v) is 4.97. The Balaban J connectivity index is 1.61. The molecule has 3 heterocycles. The van der Waals surface area contributed by atoms with Crippen LogP contribution in [0.15, 0.2) is 72.6 Å². The number of anilines is 1. The number of hydrogen-bond acceptors (Lipinski definition) is 6. The number of rotatable bonds is 4. The van der Waals surface area contributed by atoms with Gasteiger partial charge in [-0.1, -0.05) is 47.5 Å². The molecule has 0 bridgehead atoms. The third-order valence-corrected chi connectivity index (χ3v) is 6.71. The molecule has 0 fully saturated rings. The second kappa shape index (κ2) is 8.36. The number of nitrogens with one attached hydrogen (secondary N) is 1. The largest absolute Gasteiger partial charge is 0.493 e. The summed E-state index contributed by atoms with van der Waals surface area (Å²) in [5.41, 5.74) is 6.00. The summed E-state index contributed by atoms with van der Waals surface area (Å²) in [4.78, 5) is 4.48. The van der Waals surface area contributed by atoms with E-state index < -0.39 is 6.10 Å². The molecule has 2 aliphatic heterocycles. The van der Waals surface area contributed by atoms with E-state index in [0.717, 1.165) is 33.7 Å². The maximum Gasteiger partial charge on any atom is 0.226 e. The highest BCUT2D eigenvalue weighted by Crippen LogP contribution is 2.51. The monoisotopic (exact) mass is 486 g/mol. The number of nitrogens with zero attached hydrogens (tertiary/aromatic N) is 3. The molecule has 2 aliphatic rings. The van der Waals surface area contributed by atoms with Crippen LogP contribution in [0.1, 0.15) is 34.4 Å². The minimum Gasteiger partial charge on any atom is -0.493 e. The fraction of sp³-hybridized carbons (Fsp3) is 0.185. The molecule has 0 aliphatic carbocycles. The van der Waals surface area contributed by atoms with Gasteiger partial charge in [-0.2, -0.15) is 10.1 Å². The lowest BCUT2D eigenvalue weighted by Crippen LogP contribution is -2.32. The standard InChI is InChI=1S/C27H23ClN4O3/c1-15-4-6-16(7-5-15)25-23-24(31-27-29-14-30-32(25)27)19-13-18(28)9-11-20(19)35-26(23)17-8-10-21(33-2)22(12-17)34-3/h4-14,25-26H,1-3H3,(H,29,30,31)/t25-,26-/m1/s1. The fourth-order valence-electron chi connectivity index (χ4n) is 4.80. The molecule has 1 aromatic heterocycles. The maximum atomic E-state index is 6.67. The van der Waals surface area contributed by atoms with E-state index in [1.807, 2.05) is 41.1 Å². The van der Waals surface area contributed by atoms with Crippen molar-refractivity contribution in [1.29, 1.82) is 0 Å². The van der Waals surface area contributed by atoms with Crippen LogP contribution in [0.4, 0.5) is 5.95 Å². The zero-order chi connectivity index (χ0) is 24.1. The molecular weight excluding hydrogens is 464 g/mol. The molecule has 8 heteroatoms. The topological polar surface area (TPSA) is 70.4 Å². The Labute approximate surface area is 207 Å². The third kappa shape index (κ3) is 3.51. The van der Waals surface area contributed by atoms with E-state index in [2.05, 4.69) is 46.6 Å². The van der Waals surface area contributed by atoms with Crippen molar-refractivity contribution in [3.8, 4) is 17.2 Å². The lowest BCUT2D eigenvalue weighted by molar-refractivity contribution is 0.222. The summed E-state index contributed by atoms with van der Waals surface area (Å²) in [6.07, 6.45) is 1.14. The average molecular weight is 487 g/mol. The number of aromatic nitrogens is 3. The van der Waals surface area contributed by atoms with Crippen LogP contribution in [0.3, 0.4) is 0 Å². The average Bonchev–Trinajstić information content (AvgIpc) is 3.35. The molecule has 0 saturated carbocycles. The van der Waals surface area contributed by atoms with Crippen LogP contribution >= 0.6 is 11.6 Å². The first-order valence-corrected chi connectivity index (χ1v) is 11.6. The first-order chi connectivity index (χ1) is 17.1. The zero-order valence-corrected chi connectivity index (χ0v) is 20.2. The lowest BCUT2D eigenvalue weighted by atomic mass is 9.84. The Kier molecular flexibility index (Phi) is 5.15. The minimum atomic E-state index is -0.422. The van der Waals surface area contributed by atoms with E-state index in [9.17, 15) is 0 Å². The molecule has 0 amide bonds. The first kappa shape index (κ1) is 21.6. The summed E-state index contributed by atoms with van der Waals surface area (Å²) in [7, 11) is 3.25. The summed E-state index contributed by atoms with van der Waals surface area (Å²) in [6, 6.07) is 19.7. The van der Waals surface area contributed by atoms with Gasteiger partial charge in [0.15, 0.2) is 11.5 Å². The Morgan fingerprint density at radius 1 is 0.943 bits per heavy atom. The van der Waals surface area contributed by atoms with Crippen molar-refractivity contribution >= 4 is 23.2 Å². The second-order valence-corrected chi connectivity index (χ2v) is 8.99. The Morgan fingerprint density at radius 3 is 2.49 bits per heavy atom. The molecule has 0 saturated heterocycles. The summed E-state index contributed by atoms with van der Waals surface area (Å²) in [5, 5.41) is 8.70. The highest BCUT2D eigenvalue weighted by atomic mass is 35.5. The van der Waals surface area contributed by atoms with Crippen LogP contribution in [0.5, 0.6) is 17.2 Å².